The summed E-state index contributed by atoms with van der Waals surface area (Å²) in [6, 6.07) is 1.96. The minimum atomic E-state index is -0.281. The highest BCUT2D eigenvalue weighted by Gasteiger charge is 2.24. The average Bonchev–Trinajstić information content (AvgIpc) is 2.92. The van der Waals surface area contributed by atoms with E-state index in [1.807, 2.05) is 24.8 Å². The van der Waals surface area contributed by atoms with E-state index in [-0.39, 0.29) is 11.9 Å². The van der Waals surface area contributed by atoms with Gasteiger partial charge in [0.1, 0.15) is 0 Å². The van der Waals surface area contributed by atoms with E-state index in [0.717, 1.165) is 36.5 Å². The van der Waals surface area contributed by atoms with Gasteiger partial charge < -0.3 is 14.4 Å². The lowest BCUT2D eigenvalue weighted by Gasteiger charge is -2.14. The van der Waals surface area contributed by atoms with Gasteiger partial charge in [0, 0.05) is 43.7 Å². The summed E-state index contributed by atoms with van der Waals surface area (Å²) in [5, 5.41) is 9.51. The number of rotatable bonds is 6. The molecule has 0 aliphatic carbocycles. The predicted molar refractivity (Wildman–Crippen MR) is 77.2 cm³/mol. The fourth-order valence-corrected chi connectivity index (χ4v) is 2.85. The minimum absolute atomic E-state index is 0.135. The van der Waals surface area contributed by atoms with Gasteiger partial charge in [0.2, 0.25) is 0 Å². The molecule has 1 aliphatic rings. The van der Waals surface area contributed by atoms with Gasteiger partial charge in [-0.25, -0.2) is 0 Å². The van der Waals surface area contributed by atoms with E-state index in [4.69, 9.17) is 4.74 Å². The summed E-state index contributed by atoms with van der Waals surface area (Å²) in [7, 11) is 1.68. The van der Waals surface area contributed by atoms with Crippen molar-refractivity contribution in [3.63, 3.8) is 0 Å². The number of β-amino-alcohol motifs (C(OH)–C–C–N with tert-alkyl or cyclic N) is 1. The fraction of sp³-hybridized carbons (Fsp3) is 0.667. The van der Waals surface area contributed by atoms with Crippen LogP contribution in [-0.4, -0.2) is 59.8 Å². The van der Waals surface area contributed by atoms with Gasteiger partial charge in [0.05, 0.1) is 19.3 Å². The van der Waals surface area contributed by atoms with E-state index in [2.05, 4.69) is 4.57 Å². The molecule has 1 unspecified atom stereocenters. The molecule has 5 heteroatoms. The second kappa shape index (κ2) is 6.52. The van der Waals surface area contributed by atoms with Crippen molar-refractivity contribution in [3.05, 3.63) is 23.0 Å². The zero-order chi connectivity index (χ0) is 14.7. The lowest BCUT2D eigenvalue weighted by atomic mass is 10.1. The number of nitrogens with zero attached hydrogens (tertiary/aromatic N) is 2. The van der Waals surface area contributed by atoms with Crippen molar-refractivity contribution in [1.82, 2.24) is 9.47 Å². The second-order valence-corrected chi connectivity index (χ2v) is 5.53. The van der Waals surface area contributed by atoms with Crippen molar-refractivity contribution in [2.75, 3.05) is 33.4 Å². The average molecular weight is 280 g/mol. The highest BCUT2D eigenvalue weighted by atomic mass is 16.5. The first-order valence-electron chi connectivity index (χ1n) is 7.12. The first kappa shape index (κ1) is 15.2. The molecule has 1 atom stereocenters. The number of hydrogen-bond donors (Lipinski definition) is 1. The Labute approximate surface area is 120 Å². The number of ketones is 1. The third kappa shape index (κ3) is 3.29. The van der Waals surface area contributed by atoms with Gasteiger partial charge in [-0.2, -0.15) is 0 Å². The van der Waals surface area contributed by atoms with Crippen molar-refractivity contribution < 1.29 is 14.6 Å². The molecule has 0 amide bonds. The molecule has 0 saturated carbocycles. The standard InChI is InChI=1S/C15H24N2O3/c1-11-8-14(12(2)17(11)6-7-20-3)15(19)10-16-5-4-13(18)9-16/h8,13,18H,4-7,9-10H2,1-3H3. The highest BCUT2D eigenvalue weighted by Crippen LogP contribution is 2.17. The minimum Gasteiger partial charge on any atom is -0.392 e. The van der Waals surface area contributed by atoms with Gasteiger partial charge in [-0.05, 0) is 26.3 Å². The quantitative estimate of drug-likeness (QED) is 0.790. The van der Waals surface area contributed by atoms with Crippen LogP contribution in [0, 0.1) is 13.8 Å². The summed E-state index contributed by atoms with van der Waals surface area (Å²) in [4.78, 5) is 14.4. The van der Waals surface area contributed by atoms with Crippen molar-refractivity contribution in [1.29, 1.82) is 0 Å². The molecule has 0 spiro atoms. The zero-order valence-corrected chi connectivity index (χ0v) is 12.6. The van der Waals surface area contributed by atoms with Crippen molar-refractivity contribution in [2.24, 2.45) is 0 Å². The molecule has 1 aromatic rings. The summed E-state index contributed by atoms with van der Waals surface area (Å²) >= 11 is 0. The third-order valence-electron chi connectivity index (χ3n) is 4.01. The van der Waals surface area contributed by atoms with Gasteiger partial charge in [-0.15, -0.1) is 0 Å². The molecule has 0 bridgehead atoms. The number of aromatic nitrogens is 1. The Morgan fingerprint density at radius 2 is 2.25 bits per heavy atom. The highest BCUT2D eigenvalue weighted by molar-refractivity contribution is 5.99. The van der Waals surface area contributed by atoms with E-state index in [0.29, 0.717) is 19.7 Å². The number of Topliss-reactive ketones (excluding diaryl/α,β-unsaturated/α-hetero) is 1. The van der Waals surface area contributed by atoms with Crippen LogP contribution >= 0.6 is 0 Å². The van der Waals surface area contributed by atoms with E-state index in [1.54, 1.807) is 7.11 Å². The van der Waals surface area contributed by atoms with Gasteiger partial charge in [-0.1, -0.05) is 0 Å². The molecule has 112 valence electrons. The molecule has 1 saturated heterocycles. The lowest BCUT2D eigenvalue weighted by molar-refractivity contribution is 0.0934. The Morgan fingerprint density at radius 3 is 2.85 bits per heavy atom. The van der Waals surface area contributed by atoms with Crippen molar-refractivity contribution in [3.8, 4) is 0 Å². The lowest BCUT2D eigenvalue weighted by Crippen LogP contribution is -2.28. The molecule has 1 fully saturated rings. The topological polar surface area (TPSA) is 54.7 Å². The van der Waals surface area contributed by atoms with Crippen LogP contribution in [0.1, 0.15) is 28.2 Å². The maximum Gasteiger partial charge on any atom is 0.178 e. The molecule has 0 radical (unpaired) electrons. The molecular weight excluding hydrogens is 256 g/mol. The normalized spacial score (nSPS) is 19.7. The molecular formula is C15H24N2O3. The fourth-order valence-electron chi connectivity index (χ4n) is 2.85. The Bertz CT molecular complexity index is 482. The molecule has 2 rings (SSSR count). The van der Waals surface area contributed by atoms with E-state index in [9.17, 15) is 9.90 Å². The van der Waals surface area contributed by atoms with Crippen LogP contribution in [0.25, 0.3) is 0 Å². The Hall–Kier alpha value is -1.17. The number of aliphatic hydroxyl groups is 1. The van der Waals surface area contributed by atoms with Crippen molar-refractivity contribution in [2.45, 2.75) is 32.9 Å². The first-order chi connectivity index (χ1) is 9.52. The molecule has 1 aromatic heterocycles. The van der Waals surface area contributed by atoms with E-state index >= 15 is 0 Å². The molecule has 0 aromatic carbocycles. The SMILES string of the molecule is COCCn1c(C)cc(C(=O)CN2CCC(O)C2)c1C. The molecule has 1 aliphatic heterocycles. The van der Waals surface area contributed by atoms with E-state index in [1.165, 1.54) is 0 Å². The Morgan fingerprint density at radius 1 is 1.50 bits per heavy atom. The summed E-state index contributed by atoms with van der Waals surface area (Å²) in [5.74, 6) is 0.135. The maximum absolute atomic E-state index is 12.4. The number of hydrogen-bond acceptors (Lipinski definition) is 4. The van der Waals surface area contributed by atoms with Crippen LogP contribution in [0.5, 0.6) is 0 Å². The number of likely N-dealkylation sites (tertiary alicyclic amines) is 1. The summed E-state index contributed by atoms with van der Waals surface area (Å²) in [6.45, 7) is 7.20. The van der Waals surface area contributed by atoms with Crippen LogP contribution in [0.4, 0.5) is 0 Å². The van der Waals surface area contributed by atoms with Crippen molar-refractivity contribution >= 4 is 5.78 Å². The number of carbonyl (C=O) groups excluding carboxylic acids is 1. The first-order valence-corrected chi connectivity index (χ1v) is 7.12. The van der Waals surface area contributed by atoms with E-state index < -0.39 is 0 Å². The number of aryl methyl sites for hydroxylation is 1. The van der Waals surface area contributed by atoms with Crippen LogP contribution in [0.15, 0.2) is 6.07 Å². The Balaban J connectivity index is 2.06. The van der Waals surface area contributed by atoms with Crippen LogP contribution in [-0.2, 0) is 11.3 Å². The number of aliphatic hydroxyl groups excluding tert-OH is 1. The number of carbonyl (C=O) groups is 1. The van der Waals surface area contributed by atoms with Gasteiger partial charge >= 0.3 is 0 Å². The second-order valence-electron chi connectivity index (χ2n) is 5.53. The van der Waals surface area contributed by atoms with Crippen LogP contribution in [0.2, 0.25) is 0 Å². The molecule has 2 heterocycles. The van der Waals surface area contributed by atoms with Crippen LogP contribution in [0.3, 0.4) is 0 Å². The zero-order valence-electron chi connectivity index (χ0n) is 12.6. The number of ether oxygens (including phenoxy) is 1. The molecule has 20 heavy (non-hydrogen) atoms. The summed E-state index contributed by atoms with van der Waals surface area (Å²) in [5.41, 5.74) is 2.88. The Kier molecular flexibility index (Phi) is 4.96. The molecule has 1 N–H and O–H groups in total. The monoisotopic (exact) mass is 280 g/mol. The maximum atomic E-state index is 12.4. The van der Waals surface area contributed by atoms with Gasteiger partial charge in [0.25, 0.3) is 0 Å². The van der Waals surface area contributed by atoms with Crippen LogP contribution < -0.4 is 0 Å². The third-order valence-corrected chi connectivity index (χ3v) is 4.01. The number of methoxy groups -OCH3 is 1. The predicted octanol–water partition coefficient (Wildman–Crippen LogP) is 1.00. The summed E-state index contributed by atoms with van der Waals surface area (Å²) in [6.07, 6.45) is 0.483. The summed E-state index contributed by atoms with van der Waals surface area (Å²) < 4.78 is 7.22. The largest absolute Gasteiger partial charge is 0.392 e. The van der Waals surface area contributed by atoms with Gasteiger partial charge in [-0.3, -0.25) is 9.69 Å². The van der Waals surface area contributed by atoms with Gasteiger partial charge in [0.15, 0.2) is 5.78 Å². The molecule has 5 nitrogen and oxygen atoms in total. The smallest absolute Gasteiger partial charge is 0.178 e.